The fourth-order valence-corrected chi connectivity index (χ4v) is 13.9. The molecule has 588 valence electrons. The SMILES string of the molecule is CCCCCCCCCCCCCCCCCCCCCCC(=O)O[C@H](COC(=O)CCCCCCCCCCCCCCCC(C)C)COP(=O)(O)OC[C@@H](O)COP(=O)(O)OC[C@@H](COC(=O)CCCCCCCCC(C)CC)OC(=O)CCCCCCCCCCCCCCC. The van der Waals surface area contributed by atoms with Crippen molar-refractivity contribution in [3.63, 3.8) is 0 Å². The highest BCUT2D eigenvalue weighted by Gasteiger charge is 2.30. The van der Waals surface area contributed by atoms with Gasteiger partial charge in [-0.1, -0.05) is 369 Å². The molecule has 0 aromatic carbocycles. The third-order valence-electron chi connectivity index (χ3n) is 19.1. The first kappa shape index (κ1) is 97.1. The van der Waals surface area contributed by atoms with Crippen LogP contribution in [0.1, 0.15) is 420 Å². The Balaban J connectivity index is 5.23. The number of esters is 4. The van der Waals surface area contributed by atoms with Crippen molar-refractivity contribution in [2.75, 3.05) is 39.6 Å². The first-order valence-corrected chi connectivity index (χ1v) is 44.5. The maximum atomic E-state index is 13.1. The van der Waals surface area contributed by atoms with Crippen molar-refractivity contribution in [3.05, 3.63) is 0 Å². The molecule has 0 rings (SSSR count). The second-order valence-electron chi connectivity index (χ2n) is 29.5. The van der Waals surface area contributed by atoms with E-state index >= 15 is 0 Å². The summed E-state index contributed by atoms with van der Waals surface area (Å²) in [6.45, 7) is 9.61. The van der Waals surface area contributed by atoms with E-state index < -0.39 is 97.5 Å². The number of aliphatic hydroxyl groups excluding tert-OH is 1. The number of aliphatic hydroxyl groups is 1. The largest absolute Gasteiger partial charge is 0.472 e. The van der Waals surface area contributed by atoms with Gasteiger partial charge in [-0.05, 0) is 37.5 Å². The molecule has 6 atom stereocenters. The molecule has 0 radical (unpaired) electrons. The summed E-state index contributed by atoms with van der Waals surface area (Å²) in [5, 5.41) is 10.6. The lowest BCUT2D eigenvalue weighted by Crippen LogP contribution is -2.30. The smallest absolute Gasteiger partial charge is 0.462 e. The van der Waals surface area contributed by atoms with Gasteiger partial charge in [0.2, 0.25) is 0 Å². The maximum Gasteiger partial charge on any atom is 0.472 e. The van der Waals surface area contributed by atoms with Gasteiger partial charge in [-0.25, -0.2) is 9.13 Å². The van der Waals surface area contributed by atoms with Crippen molar-refractivity contribution < 1.29 is 80.2 Å². The van der Waals surface area contributed by atoms with Gasteiger partial charge in [-0.3, -0.25) is 37.3 Å². The number of phosphoric ester groups is 2. The second-order valence-corrected chi connectivity index (χ2v) is 32.4. The Kier molecular flexibility index (Phi) is 70.3. The normalized spacial score (nSPS) is 14.2. The Morgan fingerprint density at radius 3 is 0.768 bits per heavy atom. The minimum absolute atomic E-state index is 0.107. The number of carbonyl (C=O) groups is 4. The number of hydrogen-bond donors (Lipinski definition) is 3. The Hall–Kier alpha value is -1.94. The third-order valence-corrected chi connectivity index (χ3v) is 21.0. The van der Waals surface area contributed by atoms with Gasteiger partial charge in [0.1, 0.15) is 19.3 Å². The summed E-state index contributed by atoms with van der Waals surface area (Å²) in [7, 11) is -9.92. The summed E-state index contributed by atoms with van der Waals surface area (Å²) in [6, 6.07) is 0. The van der Waals surface area contributed by atoms with Crippen LogP contribution in [0, 0.1) is 11.8 Å². The van der Waals surface area contributed by atoms with Crippen LogP contribution in [0.2, 0.25) is 0 Å². The summed E-state index contributed by atoms with van der Waals surface area (Å²) in [5.74, 6) is -0.588. The van der Waals surface area contributed by atoms with Gasteiger partial charge in [0, 0.05) is 25.7 Å². The Bertz CT molecular complexity index is 1910. The number of ether oxygens (including phenoxy) is 4. The zero-order valence-corrected chi connectivity index (χ0v) is 66.6. The van der Waals surface area contributed by atoms with Crippen LogP contribution in [-0.4, -0.2) is 96.7 Å². The first-order chi connectivity index (χ1) is 47.9. The maximum absolute atomic E-state index is 13.1. The van der Waals surface area contributed by atoms with Gasteiger partial charge in [-0.15, -0.1) is 0 Å². The molecule has 0 heterocycles. The Labute approximate surface area is 607 Å². The Morgan fingerprint density at radius 1 is 0.293 bits per heavy atom. The molecule has 0 aromatic rings. The van der Waals surface area contributed by atoms with Crippen molar-refractivity contribution in [1.29, 1.82) is 0 Å². The summed E-state index contributed by atoms with van der Waals surface area (Å²) in [5.41, 5.74) is 0. The molecular weight excluding hydrogens is 1290 g/mol. The minimum Gasteiger partial charge on any atom is -0.462 e. The monoisotopic (exact) mass is 1450 g/mol. The number of phosphoric acid groups is 2. The second kappa shape index (κ2) is 71.7. The highest BCUT2D eigenvalue weighted by Crippen LogP contribution is 2.45. The van der Waals surface area contributed by atoms with E-state index in [4.69, 9.17) is 37.0 Å². The molecule has 0 aromatic heterocycles. The van der Waals surface area contributed by atoms with Gasteiger partial charge >= 0.3 is 39.5 Å². The molecule has 0 aliphatic heterocycles. The van der Waals surface area contributed by atoms with E-state index in [9.17, 15) is 43.2 Å². The van der Waals surface area contributed by atoms with Gasteiger partial charge in [0.05, 0.1) is 26.4 Å². The van der Waals surface area contributed by atoms with Crippen LogP contribution in [0.4, 0.5) is 0 Å². The van der Waals surface area contributed by atoms with E-state index in [-0.39, 0.29) is 25.7 Å². The number of rotatable bonds is 79. The first-order valence-electron chi connectivity index (χ1n) is 41.5. The standard InChI is InChI=1S/C80H156O17P2/c1-7-10-12-14-16-18-20-22-23-24-25-26-27-28-32-37-41-45-53-59-65-79(84)96-75(68-90-77(82)62-56-50-43-39-35-33-29-31-34-38-42-48-54-60-72(4)5)70-94-98(86,87)92-66-74(81)67-93-99(88,89)95-71-76(69-91-78(83)63-57-51-47-46-49-55-61-73(6)9-3)97-80(85)64-58-52-44-40-36-30-21-19-17-15-13-11-8-2/h72-76,81H,7-71H2,1-6H3,(H,86,87)(H,88,89)/t73?,74-,75-,76-/m1/s1. The van der Waals surface area contributed by atoms with Gasteiger partial charge in [-0.2, -0.15) is 0 Å². The topological polar surface area (TPSA) is 237 Å². The van der Waals surface area contributed by atoms with E-state index in [0.29, 0.717) is 25.7 Å². The van der Waals surface area contributed by atoms with E-state index in [2.05, 4.69) is 41.5 Å². The predicted molar refractivity (Wildman–Crippen MR) is 405 cm³/mol. The fraction of sp³-hybridized carbons (Fsp3) is 0.950. The minimum atomic E-state index is -4.96. The molecule has 17 nitrogen and oxygen atoms in total. The van der Waals surface area contributed by atoms with Crippen LogP contribution >= 0.6 is 15.6 Å². The molecule has 0 saturated carbocycles. The highest BCUT2D eigenvalue weighted by atomic mass is 31.2. The average Bonchev–Trinajstić information content (AvgIpc) is 1.42. The third kappa shape index (κ3) is 72.8. The molecule has 0 aliphatic rings. The summed E-state index contributed by atoms with van der Waals surface area (Å²) in [6.07, 6.45) is 61.1. The fourth-order valence-electron chi connectivity index (χ4n) is 12.3. The molecule has 0 amide bonds. The summed E-state index contributed by atoms with van der Waals surface area (Å²) >= 11 is 0. The quantitative estimate of drug-likeness (QED) is 0.0222. The van der Waals surface area contributed by atoms with E-state index in [1.807, 2.05) is 0 Å². The van der Waals surface area contributed by atoms with Crippen LogP contribution in [0.5, 0.6) is 0 Å². The predicted octanol–water partition coefficient (Wildman–Crippen LogP) is 23.9. The lowest BCUT2D eigenvalue weighted by Gasteiger charge is -2.21. The zero-order chi connectivity index (χ0) is 72.8. The van der Waals surface area contributed by atoms with Crippen LogP contribution < -0.4 is 0 Å². The van der Waals surface area contributed by atoms with Crippen molar-refractivity contribution in [2.45, 2.75) is 439 Å². The van der Waals surface area contributed by atoms with Crippen molar-refractivity contribution in [2.24, 2.45) is 11.8 Å². The van der Waals surface area contributed by atoms with E-state index in [1.54, 1.807) is 0 Å². The number of hydrogen-bond acceptors (Lipinski definition) is 15. The van der Waals surface area contributed by atoms with E-state index in [1.165, 1.54) is 231 Å². The average molecular weight is 1450 g/mol. The van der Waals surface area contributed by atoms with Crippen LogP contribution in [0.15, 0.2) is 0 Å². The molecule has 3 N–H and O–H groups in total. The van der Waals surface area contributed by atoms with Gasteiger partial charge in [0.25, 0.3) is 0 Å². The van der Waals surface area contributed by atoms with Crippen LogP contribution in [0.25, 0.3) is 0 Å². The molecule has 0 fully saturated rings. The molecular formula is C80H156O17P2. The molecule has 0 bridgehead atoms. The molecule has 19 heteroatoms. The van der Waals surface area contributed by atoms with Crippen molar-refractivity contribution in [1.82, 2.24) is 0 Å². The molecule has 0 saturated heterocycles. The van der Waals surface area contributed by atoms with Crippen molar-refractivity contribution in [3.8, 4) is 0 Å². The van der Waals surface area contributed by atoms with Crippen molar-refractivity contribution >= 4 is 39.5 Å². The zero-order valence-electron chi connectivity index (χ0n) is 64.8. The number of carbonyl (C=O) groups excluding carboxylic acids is 4. The Morgan fingerprint density at radius 2 is 0.515 bits per heavy atom. The summed E-state index contributed by atoms with van der Waals surface area (Å²) in [4.78, 5) is 73.0. The van der Waals surface area contributed by atoms with Gasteiger partial charge in [0.15, 0.2) is 12.2 Å². The molecule has 3 unspecified atom stereocenters. The highest BCUT2D eigenvalue weighted by molar-refractivity contribution is 7.47. The van der Waals surface area contributed by atoms with Gasteiger partial charge < -0.3 is 33.8 Å². The van der Waals surface area contributed by atoms with E-state index in [0.717, 1.165) is 108 Å². The molecule has 0 spiro atoms. The lowest BCUT2D eigenvalue weighted by molar-refractivity contribution is -0.161. The summed E-state index contributed by atoms with van der Waals surface area (Å²) < 4.78 is 68.7. The molecule has 99 heavy (non-hydrogen) atoms. The number of unbranched alkanes of at least 4 members (excludes halogenated alkanes) is 48. The van der Waals surface area contributed by atoms with Crippen LogP contribution in [0.3, 0.4) is 0 Å². The van der Waals surface area contributed by atoms with Crippen LogP contribution in [-0.2, 0) is 65.4 Å². The lowest BCUT2D eigenvalue weighted by atomic mass is 10.00. The molecule has 0 aliphatic carbocycles.